The highest BCUT2D eigenvalue weighted by atomic mass is 19.1. The van der Waals surface area contributed by atoms with Crippen LogP contribution < -0.4 is 10.1 Å². The zero-order valence-electron chi connectivity index (χ0n) is 18.3. The lowest BCUT2D eigenvalue weighted by Crippen LogP contribution is -2.72. The predicted molar refractivity (Wildman–Crippen MR) is 117 cm³/mol. The van der Waals surface area contributed by atoms with Gasteiger partial charge in [0.05, 0.1) is 7.11 Å². The van der Waals surface area contributed by atoms with Crippen molar-refractivity contribution < 1.29 is 33.0 Å². The molecular formula is C24H25FN2O6. The number of carbonyl (C=O) groups is 3. The van der Waals surface area contributed by atoms with Gasteiger partial charge in [-0.1, -0.05) is 49.0 Å². The molecule has 1 aliphatic heterocycles. The standard InChI is InChI=1S/C24H25FN2O6/c1-15(2)20(23(29)32-13-17-9-11-18(31-3)12-10-17)27-21(25)19(22(27)28)26-24(30)33-14-16-7-5-4-6-8-16/h4-12,19-21H,1,13-14H2,2-3H3,(H,26,30). The number of hydrogen-bond acceptors (Lipinski definition) is 6. The van der Waals surface area contributed by atoms with E-state index >= 15 is 0 Å². The molecule has 2 aromatic rings. The average molecular weight is 456 g/mol. The van der Waals surface area contributed by atoms with Gasteiger partial charge in [-0.05, 0) is 35.8 Å². The van der Waals surface area contributed by atoms with Crippen molar-refractivity contribution in [1.29, 1.82) is 0 Å². The first-order valence-corrected chi connectivity index (χ1v) is 10.2. The van der Waals surface area contributed by atoms with E-state index in [0.29, 0.717) is 16.2 Å². The predicted octanol–water partition coefficient (Wildman–Crippen LogP) is 3.12. The molecule has 0 saturated carbocycles. The molecule has 1 fully saturated rings. The SMILES string of the molecule is C=C(C)C(C(=O)OCc1ccc(OC)cc1)N1C(=O)C(NC(=O)OCc2ccccc2)C1F. The number of benzene rings is 2. The van der Waals surface area contributed by atoms with Gasteiger partial charge in [-0.3, -0.25) is 9.69 Å². The molecule has 1 aliphatic rings. The molecule has 2 aromatic carbocycles. The van der Waals surface area contributed by atoms with Gasteiger partial charge in [0.15, 0.2) is 12.1 Å². The van der Waals surface area contributed by atoms with Crippen LogP contribution in [-0.4, -0.2) is 48.4 Å². The number of carbonyl (C=O) groups excluding carboxylic acids is 3. The molecule has 0 aromatic heterocycles. The lowest BCUT2D eigenvalue weighted by Gasteiger charge is -2.45. The monoisotopic (exact) mass is 456 g/mol. The van der Waals surface area contributed by atoms with Gasteiger partial charge in [-0.2, -0.15) is 0 Å². The minimum absolute atomic E-state index is 0.0275. The van der Waals surface area contributed by atoms with Crippen LogP contribution in [0.2, 0.25) is 0 Å². The quantitative estimate of drug-likeness (QED) is 0.270. The van der Waals surface area contributed by atoms with Crippen LogP contribution in [0, 0.1) is 0 Å². The number of esters is 1. The highest BCUT2D eigenvalue weighted by molar-refractivity contribution is 5.96. The van der Waals surface area contributed by atoms with Gasteiger partial charge >= 0.3 is 12.1 Å². The Morgan fingerprint density at radius 3 is 2.24 bits per heavy atom. The molecule has 0 radical (unpaired) electrons. The van der Waals surface area contributed by atoms with E-state index in [9.17, 15) is 18.8 Å². The van der Waals surface area contributed by atoms with Crippen molar-refractivity contribution >= 4 is 18.0 Å². The second-order valence-corrected chi connectivity index (χ2v) is 7.51. The first kappa shape index (κ1) is 23.8. The van der Waals surface area contributed by atoms with Crippen LogP contribution in [0.15, 0.2) is 66.7 Å². The van der Waals surface area contributed by atoms with E-state index in [2.05, 4.69) is 11.9 Å². The van der Waals surface area contributed by atoms with Crippen molar-refractivity contribution in [2.24, 2.45) is 0 Å². The number of methoxy groups -OCH3 is 1. The van der Waals surface area contributed by atoms with Crippen molar-refractivity contribution in [2.45, 2.75) is 38.5 Å². The summed E-state index contributed by atoms with van der Waals surface area (Å²) >= 11 is 0. The van der Waals surface area contributed by atoms with Gasteiger partial charge < -0.3 is 19.5 Å². The van der Waals surface area contributed by atoms with E-state index < -0.39 is 36.3 Å². The molecule has 3 atom stereocenters. The first-order valence-electron chi connectivity index (χ1n) is 10.2. The van der Waals surface area contributed by atoms with E-state index in [1.165, 1.54) is 14.0 Å². The summed E-state index contributed by atoms with van der Waals surface area (Å²) in [6.45, 7) is 5.08. The summed E-state index contributed by atoms with van der Waals surface area (Å²) < 4.78 is 30.2. The molecule has 8 nitrogen and oxygen atoms in total. The minimum atomic E-state index is -1.93. The fraction of sp³-hybridized carbons (Fsp3) is 0.292. The van der Waals surface area contributed by atoms with Gasteiger partial charge in [0.1, 0.15) is 19.0 Å². The molecule has 1 heterocycles. The van der Waals surface area contributed by atoms with Crippen molar-refractivity contribution in [2.75, 3.05) is 7.11 Å². The Bertz CT molecular complexity index is 1010. The van der Waals surface area contributed by atoms with Crippen LogP contribution in [0.1, 0.15) is 18.1 Å². The smallest absolute Gasteiger partial charge is 0.408 e. The Hall–Kier alpha value is -3.88. The van der Waals surface area contributed by atoms with Gasteiger partial charge in [0.25, 0.3) is 5.91 Å². The number of halogens is 1. The van der Waals surface area contributed by atoms with E-state index in [-0.39, 0.29) is 18.8 Å². The zero-order valence-corrected chi connectivity index (χ0v) is 18.3. The van der Waals surface area contributed by atoms with Crippen molar-refractivity contribution in [1.82, 2.24) is 10.2 Å². The van der Waals surface area contributed by atoms with Crippen LogP contribution in [0.5, 0.6) is 5.75 Å². The Morgan fingerprint density at radius 1 is 1.06 bits per heavy atom. The van der Waals surface area contributed by atoms with E-state index in [1.807, 2.05) is 6.07 Å². The fourth-order valence-electron chi connectivity index (χ4n) is 3.28. The first-order chi connectivity index (χ1) is 15.8. The zero-order chi connectivity index (χ0) is 24.0. The van der Waals surface area contributed by atoms with Crippen molar-refractivity contribution in [3.05, 3.63) is 77.9 Å². The topological polar surface area (TPSA) is 94.2 Å². The van der Waals surface area contributed by atoms with E-state index in [1.54, 1.807) is 48.5 Å². The van der Waals surface area contributed by atoms with Crippen LogP contribution in [-0.2, 0) is 32.3 Å². The molecule has 9 heteroatoms. The summed E-state index contributed by atoms with van der Waals surface area (Å²) in [6.07, 6.45) is -2.87. The van der Waals surface area contributed by atoms with E-state index in [4.69, 9.17) is 14.2 Å². The number of nitrogens with one attached hydrogen (secondary N) is 1. The molecule has 0 bridgehead atoms. The molecule has 2 amide bonds. The highest BCUT2D eigenvalue weighted by Gasteiger charge is 2.54. The summed E-state index contributed by atoms with van der Waals surface area (Å²) in [4.78, 5) is 37.8. The second kappa shape index (κ2) is 10.6. The molecule has 0 spiro atoms. The molecule has 1 saturated heterocycles. The number of hydrogen-bond donors (Lipinski definition) is 1. The normalized spacial score (nSPS) is 18.0. The molecule has 3 unspecified atom stereocenters. The minimum Gasteiger partial charge on any atom is -0.497 e. The Balaban J connectivity index is 1.54. The summed E-state index contributed by atoms with van der Waals surface area (Å²) in [5, 5.41) is 2.20. The van der Waals surface area contributed by atoms with Crippen LogP contribution in [0.4, 0.5) is 9.18 Å². The molecule has 3 rings (SSSR count). The second-order valence-electron chi connectivity index (χ2n) is 7.51. The highest BCUT2D eigenvalue weighted by Crippen LogP contribution is 2.28. The third kappa shape index (κ3) is 5.68. The molecule has 1 N–H and O–H groups in total. The lowest BCUT2D eigenvalue weighted by atomic mass is 9.98. The number of β-lactam (4-membered cyclic amide) rings is 1. The van der Waals surface area contributed by atoms with Gasteiger partial charge in [-0.15, -0.1) is 0 Å². The maximum absolute atomic E-state index is 14.8. The summed E-state index contributed by atoms with van der Waals surface area (Å²) in [6, 6.07) is 13.0. The number of rotatable bonds is 9. The molecule has 174 valence electrons. The van der Waals surface area contributed by atoms with Crippen LogP contribution in [0.25, 0.3) is 0 Å². The van der Waals surface area contributed by atoms with Crippen LogP contribution >= 0.6 is 0 Å². The van der Waals surface area contributed by atoms with Crippen LogP contribution in [0.3, 0.4) is 0 Å². The third-order valence-corrected chi connectivity index (χ3v) is 5.06. The Morgan fingerprint density at radius 2 is 1.67 bits per heavy atom. The van der Waals surface area contributed by atoms with Gasteiger partial charge in [0.2, 0.25) is 6.30 Å². The molecular weight excluding hydrogens is 431 g/mol. The number of alkyl halides is 1. The molecule has 33 heavy (non-hydrogen) atoms. The summed E-state index contributed by atoms with van der Waals surface area (Å²) in [7, 11) is 1.54. The number of likely N-dealkylation sites (tertiary alicyclic amines) is 1. The Labute approximate surface area is 190 Å². The summed E-state index contributed by atoms with van der Waals surface area (Å²) in [5.74, 6) is -0.940. The largest absolute Gasteiger partial charge is 0.497 e. The number of amides is 2. The summed E-state index contributed by atoms with van der Waals surface area (Å²) in [5.41, 5.74) is 1.67. The average Bonchev–Trinajstić information content (AvgIpc) is 2.83. The van der Waals surface area contributed by atoms with E-state index in [0.717, 1.165) is 5.56 Å². The van der Waals surface area contributed by atoms with Crippen molar-refractivity contribution in [3.63, 3.8) is 0 Å². The number of ether oxygens (including phenoxy) is 3. The third-order valence-electron chi connectivity index (χ3n) is 5.06. The van der Waals surface area contributed by atoms with Crippen molar-refractivity contribution in [3.8, 4) is 5.75 Å². The maximum Gasteiger partial charge on any atom is 0.408 e. The number of alkyl carbamates (subject to hydrolysis) is 1. The van der Waals surface area contributed by atoms with Gasteiger partial charge in [0, 0.05) is 0 Å². The van der Waals surface area contributed by atoms with Gasteiger partial charge in [-0.25, -0.2) is 14.0 Å². The Kier molecular flexibility index (Phi) is 7.66. The fourth-order valence-corrected chi connectivity index (χ4v) is 3.28. The number of nitrogens with zero attached hydrogens (tertiary/aromatic N) is 1. The molecule has 0 aliphatic carbocycles. The maximum atomic E-state index is 14.8. The lowest BCUT2D eigenvalue weighted by molar-refractivity contribution is -0.176.